The molecule has 0 aliphatic carbocycles. The molecule has 2 N–H and O–H groups in total. The summed E-state index contributed by atoms with van der Waals surface area (Å²) in [7, 11) is -0.560. The summed E-state index contributed by atoms with van der Waals surface area (Å²) in [5.41, 5.74) is 7.13. The lowest BCUT2D eigenvalue weighted by atomic mass is 10.2. The third kappa shape index (κ3) is 4.41. The fourth-order valence-corrected chi connectivity index (χ4v) is 3.63. The van der Waals surface area contributed by atoms with Gasteiger partial charge in [0.25, 0.3) is 0 Å². The van der Waals surface area contributed by atoms with Gasteiger partial charge in [0.2, 0.25) is 10.0 Å². The number of hydrogen-bond donors (Lipinski definition) is 1. The molecule has 0 aliphatic heterocycles. The first kappa shape index (κ1) is 17.9. The Balaban J connectivity index is 3.15. The molecule has 0 saturated carbocycles. The standard InChI is InChI=1S/C14H24N2O4S/c1-11-5-6-13(9-14(11)15)21(17,18)16(7-8-19-3)12(2)10-20-4/h5-6,9,12H,7-8,10,15H2,1-4H3. The number of rotatable bonds is 8. The van der Waals surface area contributed by atoms with E-state index in [0.717, 1.165) is 5.56 Å². The highest BCUT2D eigenvalue weighted by Crippen LogP contribution is 2.22. The molecular weight excluding hydrogens is 292 g/mol. The lowest BCUT2D eigenvalue weighted by Gasteiger charge is -2.27. The SMILES string of the molecule is COCCN(C(C)COC)S(=O)(=O)c1ccc(C)c(N)c1. The second kappa shape index (κ2) is 7.74. The van der Waals surface area contributed by atoms with Gasteiger partial charge in [-0.15, -0.1) is 0 Å². The number of benzene rings is 1. The summed E-state index contributed by atoms with van der Waals surface area (Å²) in [4.78, 5) is 0.185. The van der Waals surface area contributed by atoms with Gasteiger partial charge in [0.05, 0.1) is 18.1 Å². The molecule has 0 bridgehead atoms. The zero-order valence-corrected chi connectivity index (χ0v) is 13.8. The second-order valence-corrected chi connectivity index (χ2v) is 6.82. The highest BCUT2D eigenvalue weighted by atomic mass is 32.2. The molecule has 0 saturated heterocycles. The van der Waals surface area contributed by atoms with Crippen LogP contribution in [0.25, 0.3) is 0 Å². The fourth-order valence-electron chi connectivity index (χ4n) is 2.00. The summed E-state index contributed by atoms with van der Waals surface area (Å²) in [6.45, 7) is 4.52. The Morgan fingerprint density at radius 3 is 2.48 bits per heavy atom. The van der Waals surface area contributed by atoms with E-state index in [1.807, 2.05) is 6.92 Å². The van der Waals surface area contributed by atoms with Crippen LogP contribution in [-0.2, 0) is 19.5 Å². The van der Waals surface area contributed by atoms with Gasteiger partial charge in [-0.3, -0.25) is 0 Å². The molecule has 120 valence electrons. The van der Waals surface area contributed by atoms with E-state index in [2.05, 4.69) is 0 Å². The number of hydrogen-bond acceptors (Lipinski definition) is 5. The van der Waals surface area contributed by atoms with E-state index in [1.54, 1.807) is 26.2 Å². The lowest BCUT2D eigenvalue weighted by molar-refractivity contribution is 0.119. The predicted octanol–water partition coefficient (Wildman–Crippen LogP) is 1.25. The molecule has 1 aromatic carbocycles. The number of aryl methyl sites for hydroxylation is 1. The molecule has 7 heteroatoms. The van der Waals surface area contributed by atoms with Crippen molar-refractivity contribution in [2.45, 2.75) is 24.8 Å². The van der Waals surface area contributed by atoms with Gasteiger partial charge in [-0.1, -0.05) is 6.07 Å². The number of nitrogen functional groups attached to an aromatic ring is 1. The molecule has 21 heavy (non-hydrogen) atoms. The molecule has 0 spiro atoms. The van der Waals surface area contributed by atoms with Gasteiger partial charge >= 0.3 is 0 Å². The number of anilines is 1. The quantitative estimate of drug-likeness (QED) is 0.730. The minimum atomic E-state index is -3.64. The van der Waals surface area contributed by atoms with E-state index >= 15 is 0 Å². The zero-order chi connectivity index (χ0) is 16.0. The van der Waals surface area contributed by atoms with Crippen molar-refractivity contribution >= 4 is 15.7 Å². The molecule has 0 amide bonds. The Morgan fingerprint density at radius 2 is 1.95 bits per heavy atom. The summed E-state index contributed by atoms with van der Waals surface area (Å²) in [6.07, 6.45) is 0. The molecule has 0 radical (unpaired) electrons. The van der Waals surface area contributed by atoms with Gasteiger partial charge in [-0.2, -0.15) is 4.31 Å². The van der Waals surface area contributed by atoms with Crippen LogP contribution < -0.4 is 5.73 Å². The highest BCUT2D eigenvalue weighted by molar-refractivity contribution is 7.89. The van der Waals surface area contributed by atoms with Crippen LogP contribution in [0.2, 0.25) is 0 Å². The normalized spacial score (nSPS) is 13.6. The van der Waals surface area contributed by atoms with Crippen molar-refractivity contribution in [1.82, 2.24) is 4.31 Å². The maximum atomic E-state index is 12.8. The van der Waals surface area contributed by atoms with E-state index in [-0.39, 0.29) is 17.5 Å². The molecule has 1 aromatic rings. The average molecular weight is 316 g/mol. The third-order valence-corrected chi connectivity index (χ3v) is 5.28. The fraction of sp³-hybridized carbons (Fsp3) is 0.571. The van der Waals surface area contributed by atoms with Gasteiger partial charge in [0.15, 0.2) is 0 Å². The summed E-state index contributed by atoms with van der Waals surface area (Å²) in [5, 5.41) is 0. The van der Waals surface area contributed by atoms with E-state index in [1.165, 1.54) is 17.5 Å². The van der Waals surface area contributed by atoms with E-state index < -0.39 is 10.0 Å². The Kier molecular flexibility index (Phi) is 6.60. The average Bonchev–Trinajstić information content (AvgIpc) is 2.42. The van der Waals surface area contributed by atoms with Crippen LogP contribution in [0.5, 0.6) is 0 Å². The molecule has 1 rings (SSSR count). The van der Waals surface area contributed by atoms with Gasteiger partial charge in [0.1, 0.15) is 0 Å². The molecule has 0 fully saturated rings. The van der Waals surface area contributed by atoms with Gasteiger partial charge in [-0.05, 0) is 31.5 Å². The topological polar surface area (TPSA) is 81.9 Å². The van der Waals surface area contributed by atoms with Gasteiger partial charge in [-0.25, -0.2) is 8.42 Å². The minimum absolute atomic E-state index is 0.185. The smallest absolute Gasteiger partial charge is 0.243 e. The third-order valence-electron chi connectivity index (χ3n) is 3.27. The van der Waals surface area contributed by atoms with Gasteiger partial charge < -0.3 is 15.2 Å². The predicted molar refractivity (Wildman–Crippen MR) is 82.7 cm³/mol. The van der Waals surface area contributed by atoms with Crippen molar-refractivity contribution < 1.29 is 17.9 Å². The first-order chi connectivity index (χ1) is 9.84. The number of methoxy groups -OCH3 is 2. The van der Waals surface area contributed by atoms with Crippen molar-refractivity contribution in [3.63, 3.8) is 0 Å². The Morgan fingerprint density at radius 1 is 1.29 bits per heavy atom. The van der Waals surface area contributed by atoms with Crippen molar-refractivity contribution in [2.75, 3.05) is 39.7 Å². The minimum Gasteiger partial charge on any atom is -0.398 e. The number of nitrogens with two attached hydrogens (primary N) is 1. The van der Waals surface area contributed by atoms with Gasteiger partial charge in [0, 0.05) is 32.5 Å². The molecule has 0 aliphatic rings. The number of ether oxygens (including phenoxy) is 2. The van der Waals surface area contributed by atoms with E-state index in [9.17, 15) is 8.42 Å². The first-order valence-corrected chi connectivity index (χ1v) is 8.14. The van der Waals surface area contributed by atoms with E-state index in [4.69, 9.17) is 15.2 Å². The monoisotopic (exact) mass is 316 g/mol. The van der Waals surface area contributed by atoms with Crippen LogP contribution >= 0.6 is 0 Å². The van der Waals surface area contributed by atoms with Crippen LogP contribution in [0.15, 0.2) is 23.1 Å². The molecule has 0 heterocycles. The second-order valence-electron chi connectivity index (χ2n) is 4.93. The molecule has 1 unspecified atom stereocenters. The van der Waals surface area contributed by atoms with Crippen molar-refractivity contribution in [2.24, 2.45) is 0 Å². The summed E-state index contributed by atoms with van der Waals surface area (Å²) < 4.78 is 37.0. The maximum Gasteiger partial charge on any atom is 0.243 e. The van der Waals surface area contributed by atoms with Crippen LogP contribution in [0, 0.1) is 6.92 Å². The molecule has 1 atom stereocenters. The number of sulfonamides is 1. The van der Waals surface area contributed by atoms with Crippen LogP contribution in [0.3, 0.4) is 0 Å². The molecular formula is C14H24N2O4S. The van der Waals surface area contributed by atoms with Crippen LogP contribution in [0.1, 0.15) is 12.5 Å². The lowest BCUT2D eigenvalue weighted by Crippen LogP contribution is -2.42. The molecule has 6 nitrogen and oxygen atoms in total. The first-order valence-electron chi connectivity index (χ1n) is 6.70. The largest absolute Gasteiger partial charge is 0.398 e. The maximum absolute atomic E-state index is 12.8. The zero-order valence-electron chi connectivity index (χ0n) is 13.0. The van der Waals surface area contributed by atoms with Crippen molar-refractivity contribution in [3.05, 3.63) is 23.8 Å². The Hall–Kier alpha value is -1.15. The highest BCUT2D eigenvalue weighted by Gasteiger charge is 2.29. The Bertz CT molecular complexity index is 560. The van der Waals surface area contributed by atoms with Crippen molar-refractivity contribution in [3.8, 4) is 0 Å². The van der Waals surface area contributed by atoms with Crippen LogP contribution in [-0.4, -0.2) is 52.7 Å². The summed E-state index contributed by atoms with van der Waals surface area (Å²) >= 11 is 0. The van der Waals surface area contributed by atoms with Crippen molar-refractivity contribution in [1.29, 1.82) is 0 Å². The summed E-state index contributed by atoms with van der Waals surface area (Å²) in [6, 6.07) is 4.47. The number of nitrogens with zero attached hydrogens (tertiary/aromatic N) is 1. The Labute approximate surface area is 126 Å². The molecule has 0 aromatic heterocycles. The summed E-state index contributed by atoms with van der Waals surface area (Å²) in [5.74, 6) is 0. The van der Waals surface area contributed by atoms with Crippen LogP contribution in [0.4, 0.5) is 5.69 Å². The van der Waals surface area contributed by atoms with E-state index in [0.29, 0.717) is 18.9 Å².